The lowest BCUT2D eigenvalue weighted by Gasteiger charge is -2.07. The molecular weight excluding hydrogens is 389 g/mol. The van der Waals surface area contributed by atoms with E-state index in [0.717, 1.165) is 0 Å². The summed E-state index contributed by atoms with van der Waals surface area (Å²) in [6.45, 7) is 6.08. The Kier molecular flexibility index (Phi) is 5.01. The summed E-state index contributed by atoms with van der Waals surface area (Å²) in [7, 11) is 0. The first-order valence-corrected chi connectivity index (χ1v) is 8.77. The zero-order chi connectivity index (χ0) is 18.1. The molecule has 0 atom stereocenters. The molecule has 132 valence electrons. The van der Waals surface area contributed by atoms with Crippen molar-refractivity contribution >= 4 is 15.9 Å². The van der Waals surface area contributed by atoms with Crippen LogP contribution < -0.4 is 0 Å². The zero-order valence-corrected chi connectivity index (χ0v) is 15.8. The van der Waals surface area contributed by atoms with E-state index in [-0.39, 0.29) is 18.5 Å². The van der Waals surface area contributed by atoms with Crippen molar-refractivity contribution in [2.75, 3.05) is 6.61 Å². The van der Waals surface area contributed by atoms with Crippen molar-refractivity contribution in [3.05, 3.63) is 40.5 Å². The first-order valence-electron chi connectivity index (χ1n) is 7.97. The molecule has 3 aromatic rings. The van der Waals surface area contributed by atoms with Crippen LogP contribution in [0.1, 0.15) is 25.7 Å². The Hall–Kier alpha value is -2.06. The zero-order valence-electron chi connectivity index (χ0n) is 14.2. The number of aryl methyl sites for hydroxylation is 1. The SMILES string of the molecule is Cc1nc(-c2cn(CCO)c(-c3ccc(Br)cc3F)n2)n(C(C)C)n1. The van der Waals surface area contributed by atoms with Crippen molar-refractivity contribution in [1.29, 1.82) is 0 Å². The molecular formula is C17H19BrFN5O. The minimum absolute atomic E-state index is 0.0726. The third kappa shape index (κ3) is 3.50. The van der Waals surface area contributed by atoms with E-state index in [1.807, 2.05) is 20.8 Å². The molecule has 0 aliphatic carbocycles. The molecule has 0 fully saturated rings. The van der Waals surface area contributed by atoms with E-state index in [2.05, 4.69) is 31.0 Å². The smallest absolute Gasteiger partial charge is 0.178 e. The molecule has 0 saturated carbocycles. The normalized spacial score (nSPS) is 11.5. The lowest BCUT2D eigenvalue weighted by molar-refractivity contribution is 0.276. The molecule has 0 bridgehead atoms. The van der Waals surface area contributed by atoms with Crippen LogP contribution in [0.2, 0.25) is 0 Å². The van der Waals surface area contributed by atoms with E-state index in [9.17, 15) is 9.50 Å². The van der Waals surface area contributed by atoms with Crippen molar-refractivity contribution in [2.45, 2.75) is 33.4 Å². The van der Waals surface area contributed by atoms with Crippen LogP contribution in [0.15, 0.2) is 28.9 Å². The van der Waals surface area contributed by atoms with Gasteiger partial charge in [-0.15, -0.1) is 0 Å². The van der Waals surface area contributed by atoms with Gasteiger partial charge in [0.1, 0.15) is 23.2 Å². The number of aliphatic hydroxyl groups is 1. The number of hydrogen-bond acceptors (Lipinski definition) is 4. The van der Waals surface area contributed by atoms with Gasteiger partial charge < -0.3 is 9.67 Å². The highest BCUT2D eigenvalue weighted by Crippen LogP contribution is 2.28. The van der Waals surface area contributed by atoms with Crippen LogP contribution in [-0.4, -0.2) is 36.0 Å². The fourth-order valence-electron chi connectivity index (χ4n) is 2.65. The number of benzene rings is 1. The van der Waals surface area contributed by atoms with Gasteiger partial charge >= 0.3 is 0 Å². The van der Waals surface area contributed by atoms with Crippen molar-refractivity contribution in [1.82, 2.24) is 24.3 Å². The standard InChI is InChI=1S/C17H19BrFN5O/c1-10(2)24-17(20-11(3)22-24)15-9-23(6-7-25)16(21-15)13-5-4-12(18)8-14(13)19/h4-5,8-10,25H,6-7H2,1-3H3. The number of rotatable bonds is 5. The second-order valence-corrected chi connectivity index (χ2v) is 6.93. The van der Waals surface area contributed by atoms with E-state index < -0.39 is 0 Å². The summed E-state index contributed by atoms with van der Waals surface area (Å²) in [4.78, 5) is 9.05. The van der Waals surface area contributed by atoms with Crippen LogP contribution in [0.3, 0.4) is 0 Å². The molecule has 0 aliphatic heterocycles. The predicted molar refractivity (Wildman–Crippen MR) is 96.5 cm³/mol. The van der Waals surface area contributed by atoms with Gasteiger partial charge in [0, 0.05) is 23.3 Å². The quantitative estimate of drug-likeness (QED) is 0.701. The second kappa shape index (κ2) is 7.05. The maximum Gasteiger partial charge on any atom is 0.178 e. The van der Waals surface area contributed by atoms with Crippen LogP contribution in [0.4, 0.5) is 4.39 Å². The summed E-state index contributed by atoms with van der Waals surface area (Å²) < 4.78 is 18.6. The Morgan fingerprint density at radius 1 is 1.24 bits per heavy atom. The van der Waals surface area contributed by atoms with Gasteiger partial charge in [-0.25, -0.2) is 19.0 Å². The number of imidazole rings is 1. The molecule has 0 aliphatic rings. The highest BCUT2D eigenvalue weighted by Gasteiger charge is 2.20. The van der Waals surface area contributed by atoms with Crippen LogP contribution in [0.25, 0.3) is 22.9 Å². The first-order chi connectivity index (χ1) is 11.9. The monoisotopic (exact) mass is 407 g/mol. The van der Waals surface area contributed by atoms with Crippen molar-refractivity contribution in [2.24, 2.45) is 0 Å². The molecule has 8 heteroatoms. The molecule has 3 rings (SSSR count). The number of hydrogen-bond donors (Lipinski definition) is 1. The van der Waals surface area contributed by atoms with Gasteiger partial charge in [-0.05, 0) is 39.0 Å². The van der Waals surface area contributed by atoms with E-state index in [1.165, 1.54) is 6.07 Å². The Morgan fingerprint density at radius 3 is 2.64 bits per heavy atom. The maximum atomic E-state index is 14.4. The summed E-state index contributed by atoms with van der Waals surface area (Å²) in [6, 6.07) is 4.94. The molecule has 6 nitrogen and oxygen atoms in total. The van der Waals surface area contributed by atoms with Gasteiger partial charge in [-0.2, -0.15) is 5.10 Å². The van der Waals surface area contributed by atoms with Gasteiger partial charge in [0.2, 0.25) is 0 Å². The Labute approximate surface area is 153 Å². The Balaban J connectivity index is 2.15. The van der Waals surface area contributed by atoms with Crippen LogP contribution in [0.5, 0.6) is 0 Å². The lowest BCUT2D eigenvalue weighted by atomic mass is 10.2. The molecule has 0 unspecified atom stereocenters. The van der Waals surface area contributed by atoms with Crippen molar-refractivity contribution in [3.63, 3.8) is 0 Å². The van der Waals surface area contributed by atoms with Gasteiger partial charge in [-0.3, -0.25) is 0 Å². The number of aromatic nitrogens is 5. The Morgan fingerprint density at radius 2 is 2.00 bits per heavy atom. The average molecular weight is 408 g/mol. The molecule has 2 aromatic heterocycles. The molecule has 0 spiro atoms. The lowest BCUT2D eigenvalue weighted by Crippen LogP contribution is -2.05. The van der Waals surface area contributed by atoms with Crippen molar-refractivity contribution in [3.8, 4) is 22.9 Å². The molecule has 1 N–H and O–H groups in total. The maximum absolute atomic E-state index is 14.4. The summed E-state index contributed by atoms with van der Waals surface area (Å²) in [6.07, 6.45) is 1.77. The highest BCUT2D eigenvalue weighted by atomic mass is 79.9. The Bertz CT molecular complexity index is 903. The van der Waals surface area contributed by atoms with Crippen molar-refractivity contribution < 1.29 is 9.50 Å². The summed E-state index contributed by atoms with van der Waals surface area (Å²) in [5, 5.41) is 13.7. The molecule has 2 heterocycles. The third-order valence-corrected chi connectivity index (χ3v) is 4.24. The van der Waals surface area contributed by atoms with Crippen LogP contribution in [0, 0.1) is 12.7 Å². The average Bonchev–Trinajstić information content (AvgIpc) is 3.12. The van der Waals surface area contributed by atoms with Gasteiger partial charge in [0.25, 0.3) is 0 Å². The van der Waals surface area contributed by atoms with Gasteiger partial charge in [0.05, 0.1) is 12.2 Å². The third-order valence-electron chi connectivity index (χ3n) is 3.74. The minimum Gasteiger partial charge on any atom is -0.395 e. The molecule has 25 heavy (non-hydrogen) atoms. The number of nitrogens with zero attached hydrogens (tertiary/aromatic N) is 5. The molecule has 0 amide bonds. The first kappa shape index (κ1) is 17.8. The largest absolute Gasteiger partial charge is 0.395 e. The van der Waals surface area contributed by atoms with E-state index in [4.69, 9.17) is 0 Å². The highest BCUT2D eigenvalue weighted by molar-refractivity contribution is 9.10. The van der Waals surface area contributed by atoms with Gasteiger partial charge in [-0.1, -0.05) is 15.9 Å². The molecule has 0 radical (unpaired) electrons. The van der Waals surface area contributed by atoms with Crippen LogP contribution >= 0.6 is 15.9 Å². The minimum atomic E-state index is -0.382. The van der Waals surface area contributed by atoms with E-state index in [0.29, 0.717) is 39.7 Å². The van der Waals surface area contributed by atoms with Gasteiger partial charge in [0.15, 0.2) is 5.82 Å². The van der Waals surface area contributed by atoms with E-state index >= 15 is 0 Å². The fraction of sp³-hybridized carbons (Fsp3) is 0.353. The summed E-state index contributed by atoms with van der Waals surface area (Å²) in [5.41, 5.74) is 0.968. The van der Waals surface area contributed by atoms with E-state index in [1.54, 1.807) is 27.6 Å². The second-order valence-electron chi connectivity index (χ2n) is 6.01. The number of halogens is 2. The number of aliphatic hydroxyl groups excluding tert-OH is 1. The summed E-state index contributed by atoms with van der Waals surface area (Å²) >= 11 is 3.26. The van der Waals surface area contributed by atoms with Crippen LogP contribution in [-0.2, 0) is 6.54 Å². The predicted octanol–water partition coefficient (Wildman–Crippen LogP) is 3.59. The topological polar surface area (TPSA) is 68.8 Å². The fourth-order valence-corrected chi connectivity index (χ4v) is 2.99. The molecule has 1 aromatic carbocycles. The summed E-state index contributed by atoms with van der Waals surface area (Å²) in [5.74, 6) is 1.34. The molecule has 0 saturated heterocycles.